The number of rotatable bonds is 4. The Kier molecular flexibility index (Phi) is 5.96. The Balaban J connectivity index is 1.04. The van der Waals surface area contributed by atoms with Gasteiger partial charge in [0.2, 0.25) is 0 Å². The third kappa shape index (κ3) is 4.33. The topological polar surface area (TPSA) is 61.2 Å². The van der Waals surface area contributed by atoms with Gasteiger partial charge in [-0.1, -0.05) is 103 Å². The number of hydrogen-bond donors (Lipinski definition) is 0. The largest absolute Gasteiger partial charge is 0.456 e. The van der Waals surface area contributed by atoms with E-state index in [-0.39, 0.29) is 5.63 Å². The lowest BCUT2D eigenvalue weighted by Crippen LogP contribution is -2.00. The number of para-hydroxylation sites is 4. The van der Waals surface area contributed by atoms with Gasteiger partial charge in [-0.3, -0.25) is 4.57 Å². The summed E-state index contributed by atoms with van der Waals surface area (Å²) < 4.78 is 14.3. The fourth-order valence-electron chi connectivity index (χ4n) is 7.16. The first-order chi connectivity index (χ1) is 24.2. The molecule has 3 heterocycles. The Morgan fingerprint density at radius 1 is 0.469 bits per heavy atom. The number of fused-ring (bicyclic) bond motifs is 7. The van der Waals surface area contributed by atoms with Crippen molar-refractivity contribution in [2.24, 2.45) is 0 Å². The molecular weight excluding hydrogens is 604 g/mol. The molecule has 0 aliphatic rings. The van der Waals surface area contributed by atoms with Crippen molar-refractivity contribution in [2.75, 3.05) is 0 Å². The molecule has 0 atom stereocenters. The Hall–Kier alpha value is -6.72. The summed E-state index contributed by atoms with van der Waals surface area (Å²) in [6.07, 6.45) is 0. The van der Waals surface area contributed by atoms with Crippen molar-refractivity contribution in [1.82, 2.24) is 9.55 Å². The molecule has 49 heavy (non-hydrogen) atoms. The molecular formula is C44H26N2O3. The predicted molar refractivity (Wildman–Crippen MR) is 198 cm³/mol. The van der Waals surface area contributed by atoms with Crippen LogP contribution in [0, 0.1) is 0 Å². The quantitative estimate of drug-likeness (QED) is 0.143. The van der Waals surface area contributed by atoms with E-state index in [1.165, 1.54) is 0 Å². The molecule has 230 valence electrons. The molecule has 0 spiro atoms. The Bertz CT molecular complexity index is 2950. The van der Waals surface area contributed by atoms with Crippen LogP contribution in [0.25, 0.3) is 94.0 Å². The van der Waals surface area contributed by atoms with Crippen molar-refractivity contribution < 1.29 is 8.83 Å². The summed E-state index contributed by atoms with van der Waals surface area (Å²) in [7, 11) is 0. The fourth-order valence-corrected chi connectivity index (χ4v) is 7.16. The maximum atomic E-state index is 13.5. The van der Waals surface area contributed by atoms with Crippen molar-refractivity contribution >= 4 is 54.7 Å². The van der Waals surface area contributed by atoms with E-state index in [0.29, 0.717) is 11.0 Å². The molecule has 3 aromatic heterocycles. The lowest BCUT2D eigenvalue weighted by Gasteiger charge is -2.11. The lowest BCUT2D eigenvalue weighted by molar-refractivity contribution is 0.570. The normalized spacial score (nSPS) is 11.8. The minimum Gasteiger partial charge on any atom is -0.456 e. The van der Waals surface area contributed by atoms with Crippen LogP contribution in [-0.2, 0) is 0 Å². The molecule has 10 aromatic rings. The van der Waals surface area contributed by atoms with Crippen LogP contribution in [-0.4, -0.2) is 9.55 Å². The summed E-state index contributed by atoms with van der Waals surface area (Å²) in [5, 5.41) is 4.39. The molecule has 0 aliphatic heterocycles. The van der Waals surface area contributed by atoms with Crippen molar-refractivity contribution in [2.45, 2.75) is 0 Å². The molecule has 0 aliphatic carbocycles. The van der Waals surface area contributed by atoms with E-state index < -0.39 is 0 Å². The lowest BCUT2D eigenvalue weighted by atomic mass is 9.96. The van der Waals surface area contributed by atoms with Crippen LogP contribution in [0.15, 0.2) is 171 Å². The highest BCUT2D eigenvalue weighted by Gasteiger charge is 2.17. The van der Waals surface area contributed by atoms with Gasteiger partial charge in [-0.2, -0.15) is 0 Å². The SMILES string of the molecule is O=c1oc2cc(-c3ccc(-c4nc5ccccc5n4-c4ccccc4)cc3)ccc2c2ccc(-c3cccc4oc5ccccc5c34)cc12. The number of imidazole rings is 1. The van der Waals surface area contributed by atoms with Crippen LogP contribution in [0.4, 0.5) is 0 Å². The van der Waals surface area contributed by atoms with Crippen LogP contribution >= 0.6 is 0 Å². The van der Waals surface area contributed by atoms with Gasteiger partial charge in [0.15, 0.2) is 0 Å². The number of furan rings is 1. The summed E-state index contributed by atoms with van der Waals surface area (Å²) in [4.78, 5) is 18.5. The second-order valence-electron chi connectivity index (χ2n) is 12.3. The number of hydrogen-bond acceptors (Lipinski definition) is 4. The highest BCUT2D eigenvalue weighted by molar-refractivity contribution is 6.13. The van der Waals surface area contributed by atoms with E-state index in [0.717, 1.165) is 83.1 Å². The van der Waals surface area contributed by atoms with Gasteiger partial charge in [-0.05, 0) is 82.2 Å². The summed E-state index contributed by atoms with van der Waals surface area (Å²) in [6.45, 7) is 0. The molecule has 0 N–H and O–H groups in total. The number of aromatic nitrogens is 2. The summed E-state index contributed by atoms with van der Waals surface area (Å²) in [5.41, 5.74) is 9.87. The highest BCUT2D eigenvalue weighted by atomic mass is 16.4. The smallest absolute Gasteiger partial charge is 0.344 e. The van der Waals surface area contributed by atoms with Gasteiger partial charge in [0.05, 0.1) is 16.4 Å². The summed E-state index contributed by atoms with van der Waals surface area (Å²) in [6, 6.07) is 53.1. The summed E-state index contributed by atoms with van der Waals surface area (Å²) in [5.74, 6) is 0.881. The van der Waals surface area contributed by atoms with E-state index in [1.807, 2.05) is 91.0 Å². The van der Waals surface area contributed by atoms with Crippen molar-refractivity contribution in [3.63, 3.8) is 0 Å². The average molecular weight is 631 g/mol. The molecule has 5 nitrogen and oxygen atoms in total. The molecule has 0 bridgehead atoms. The molecule has 10 rings (SSSR count). The van der Waals surface area contributed by atoms with Crippen LogP contribution in [0.3, 0.4) is 0 Å². The van der Waals surface area contributed by atoms with Crippen molar-refractivity contribution in [3.8, 4) is 39.3 Å². The van der Waals surface area contributed by atoms with Crippen molar-refractivity contribution in [3.05, 3.63) is 168 Å². The van der Waals surface area contributed by atoms with Gasteiger partial charge in [-0.25, -0.2) is 9.78 Å². The third-order valence-electron chi connectivity index (χ3n) is 9.48. The van der Waals surface area contributed by atoms with Crippen molar-refractivity contribution in [1.29, 1.82) is 0 Å². The van der Waals surface area contributed by atoms with Crippen LogP contribution in [0.2, 0.25) is 0 Å². The summed E-state index contributed by atoms with van der Waals surface area (Å²) >= 11 is 0. The molecule has 0 unspecified atom stereocenters. The predicted octanol–water partition coefficient (Wildman–Crippen LogP) is 11.2. The number of nitrogens with zero attached hydrogens (tertiary/aromatic N) is 2. The van der Waals surface area contributed by atoms with Crippen LogP contribution in [0.1, 0.15) is 0 Å². The zero-order valence-corrected chi connectivity index (χ0v) is 26.1. The standard InChI is InChI=1S/C44H26N2O3/c47-44-36-25-30(32-12-8-16-40-42(32)35-11-4-7-15-39(35)48-40)22-23-33(36)34-24-21-29(26-41(34)49-44)27-17-19-28(20-18-27)43-45-37-13-5-6-14-38(37)46(43)31-9-2-1-3-10-31/h1-26H. The van der Waals surface area contributed by atoms with E-state index in [4.69, 9.17) is 13.8 Å². The molecule has 0 saturated carbocycles. The molecule has 0 radical (unpaired) electrons. The molecule has 0 amide bonds. The molecule has 5 heteroatoms. The average Bonchev–Trinajstić information content (AvgIpc) is 3.74. The first kappa shape index (κ1) is 27.4. The van der Waals surface area contributed by atoms with Gasteiger partial charge < -0.3 is 8.83 Å². The van der Waals surface area contributed by atoms with Gasteiger partial charge >= 0.3 is 5.63 Å². The van der Waals surface area contributed by atoms with Gasteiger partial charge in [0.1, 0.15) is 22.6 Å². The van der Waals surface area contributed by atoms with Gasteiger partial charge in [0, 0.05) is 27.4 Å². The Labute approximate surface area is 279 Å². The Morgan fingerprint density at radius 2 is 1.18 bits per heavy atom. The highest BCUT2D eigenvalue weighted by Crippen LogP contribution is 2.38. The van der Waals surface area contributed by atoms with Gasteiger partial charge in [-0.15, -0.1) is 0 Å². The third-order valence-corrected chi connectivity index (χ3v) is 9.48. The van der Waals surface area contributed by atoms with Crippen LogP contribution < -0.4 is 5.63 Å². The Morgan fingerprint density at radius 3 is 2.08 bits per heavy atom. The van der Waals surface area contributed by atoms with E-state index in [1.54, 1.807) is 0 Å². The van der Waals surface area contributed by atoms with Crippen LogP contribution in [0.5, 0.6) is 0 Å². The maximum absolute atomic E-state index is 13.5. The molecule has 0 fully saturated rings. The maximum Gasteiger partial charge on any atom is 0.344 e. The molecule has 7 aromatic carbocycles. The first-order valence-electron chi connectivity index (χ1n) is 16.2. The zero-order chi connectivity index (χ0) is 32.5. The second-order valence-corrected chi connectivity index (χ2v) is 12.3. The van der Waals surface area contributed by atoms with E-state index in [2.05, 4.69) is 71.3 Å². The second kappa shape index (κ2) is 10.7. The monoisotopic (exact) mass is 630 g/mol. The minimum absolute atomic E-state index is 0.360. The van der Waals surface area contributed by atoms with E-state index in [9.17, 15) is 4.79 Å². The molecule has 0 saturated heterocycles. The van der Waals surface area contributed by atoms with E-state index >= 15 is 0 Å². The number of benzene rings is 7. The fraction of sp³-hybridized carbons (Fsp3) is 0. The first-order valence-corrected chi connectivity index (χ1v) is 16.2. The zero-order valence-electron chi connectivity index (χ0n) is 26.1. The minimum atomic E-state index is -0.360. The van der Waals surface area contributed by atoms with Gasteiger partial charge in [0.25, 0.3) is 0 Å².